The smallest absolute Gasteiger partial charge is 0.243 e. The Labute approximate surface area is 91.0 Å². The van der Waals surface area contributed by atoms with Gasteiger partial charge < -0.3 is 5.32 Å². The minimum Gasteiger partial charge on any atom is -0.348 e. The molecular formula is C13H17NO. The number of hydrogen-bond donors (Lipinski definition) is 1. The Kier molecular flexibility index (Phi) is 5.23. The van der Waals surface area contributed by atoms with Gasteiger partial charge in [-0.25, -0.2) is 0 Å². The van der Waals surface area contributed by atoms with Gasteiger partial charge in [-0.3, -0.25) is 4.79 Å². The molecule has 0 aliphatic heterocycles. The largest absolute Gasteiger partial charge is 0.348 e. The lowest BCUT2D eigenvalue weighted by atomic mass is 10.2. The van der Waals surface area contributed by atoms with Gasteiger partial charge >= 0.3 is 0 Å². The molecule has 80 valence electrons. The molecule has 0 aliphatic rings. The van der Waals surface area contributed by atoms with Gasteiger partial charge in [-0.15, -0.1) is 0 Å². The van der Waals surface area contributed by atoms with Crippen LogP contribution in [-0.2, 0) is 11.3 Å². The van der Waals surface area contributed by atoms with Gasteiger partial charge in [0.05, 0.1) is 0 Å². The van der Waals surface area contributed by atoms with E-state index in [1.165, 1.54) is 0 Å². The first-order valence-corrected chi connectivity index (χ1v) is 5.31. The van der Waals surface area contributed by atoms with Gasteiger partial charge in [0, 0.05) is 6.54 Å². The highest BCUT2D eigenvalue weighted by molar-refractivity contribution is 5.87. The Balaban J connectivity index is 2.28. The second-order valence-corrected chi connectivity index (χ2v) is 3.39. The molecule has 0 atom stereocenters. The highest BCUT2D eigenvalue weighted by Crippen LogP contribution is 1.97. The summed E-state index contributed by atoms with van der Waals surface area (Å²) in [7, 11) is 0. The quantitative estimate of drug-likeness (QED) is 0.732. The van der Waals surface area contributed by atoms with Crippen molar-refractivity contribution in [2.75, 3.05) is 0 Å². The first-order valence-electron chi connectivity index (χ1n) is 5.31. The number of benzene rings is 1. The van der Waals surface area contributed by atoms with Crippen LogP contribution in [0.1, 0.15) is 25.3 Å². The average molecular weight is 203 g/mol. The average Bonchev–Trinajstić information content (AvgIpc) is 2.28. The molecule has 0 radical (unpaired) electrons. The lowest BCUT2D eigenvalue weighted by Crippen LogP contribution is -2.20. The summed E-state index contributed by atoms with van der Waals surface area (Å²) in [4.78, 5) is 11.3. The predicted molar refractivity (Wildman–Crippen MR) is 62.3 cm³/mol. The molecule has 0 unspecified atom stereocenters. The van der Waals surface area contributed by atoms with Crippen molar-refractivity contribution in [3.63, 3.8) is 0 Å². The zero-order valence-electron chi connectivity index (χ0n) is 9.07. The van der Waals surface area contributed by atoms with Crippen LogP contribution in [0.2, 0.25) is 0 Å². The van der Waals surface area contributed by atoms with E-state index >= 15 is 0 Å². The maximum absolute atomic E-state index is 11.3. The Hall–Kier alpha value is -1.57. The summed E-state index contributed by atoms with van der Waals surface area (Å²) in [5.74, 6) is -0.0210. The molecule has 0 spiro atoms. The lowest BCUT2D eigenvalue weighted by molar-refractivity contribution is -0.116. The van der Waals surface area contributed by atoms with Crippen LogP contribution < -0.4 is 5.32 Å². The zero-order valence-corrected chi connectivity index (χ0v) is 9.07. The van der Waals surface area contributed by atoms with Gasteiger partial charge in [-0.1, -0.05) is 49.8 Å². The topological polar surface area (TPSA) is 29.1 Å². The fourth-order valence-electron chi connectivity index (χ4n) is 1.20. The predicted octanol–water partition coefficient (Wildman–Crippen LogP) is 2.66. The van der Waals surface area contributed by atoms with E-state index in [9.17, 15) is 4.79 Å². The molecule has 0 heterocycles. The van der Waals surface area contributed by atoms with Crippen LogP contribution in [0, 0.1) is 0 Å². The SMILES string of the molecule is CCCC=CC(=O)NCc1ccccc1. The maximum atomic E-state index is 11.3. The number of carbonyl (C=O) groups is 1. The van der Waals surface area contributed by atoms with Gasteiger partial charge in [0.25, 0.3) is 0 Å². The molecule has 0 aliphatic carbocycles. The molecule has 0 saturated heterocycles. The zero-order chi connectivity index (χ0) is 10.9. The number of unbranched alkanes of at least 4 members (excludes halogenated alkanes) is 1. The molecular weight excluding hydrogens is 186 g/mol. The molecule has 1 rings (SSSR count). The van der Waals surface area contributed by atoms with Crippen molar-refractivity contribution in [1.82, 2.24) is 5.32 Å². The first kappa shape index (κ1) is 11.5. The van der Waals surface area contributed by atoms with Gasteiger partial charge in [-0.2, -0.15) is 0 Å². The van der Waals surface area contributed by atoms with Crippen LogP contribution in [-0.4, -0.2) is 5.91 Å². The van der Waals surface area contributed by atoms with E-state index in [-0.39, 0.29) is 5.91 Å². The van der Waals surface area contributed by atoms with Crippen LogP contribution in [0.15, 0.2) is 42.5 Å². The van der Waals surface area contributed by atoms with Gasteiger partial charge in [0.15, 0.2) is 0 Å². The van der Waals surface area contributed by atoms with Crippen molar-refractivity contribution in [2.24, 2.45) is 0 Å². The third-order valence-electron chi connectivity index (χ3n) is 2.03. The standard InChI is InChI=1S/C13H17NO/c1-2-3-5-10-13(15)14-11-12-8-6-4-7-9-12/h4-10H,2-3,11H2,1H3,(H,14,15). The minimum absolute atomic E-state index is 0.0210. The Morgan fingerprint density at radius 1 is 1.33 bits per heavy atom. The van der Waals surface area contributed by atoms with Crippen LogP contribution in [0.5, 0.6) is 0 Å². The fourth-order valence-corrected chi connectivity index (χ4v) is 1.20. The summed E-state index contributed by atoms with van der Waals surface area (Å²) < 4.78 is 0. The summed E-state index contributed by atoms with van der Waals surface area (Å²) in [6.45, 7) is 2.68. The van der Waals surface area contributed by atoms with Gasteiger partial charge in [0.1, 0.15) is 0 Å². The molecule has 1 amide bonds. The van der Waals surface area contributed by atoms with E-state index in [1.54, 1.807) is 6.08 Å². The Bertz CT molecular complexity index is 317. The second-order valence-electron chi connectivity index (χ2n) is 3.39. The van der Waals surface area contributed by atoms with E-state index in [2.05, 4.69) is 12.2 Å². The molecule has 2 heteroatoms. The highest BCUT2D eigenvalue weighted by atomic mass is 16.1. The van der Waals surface area contributed by atoms with Crippen molar-refractivity contribution < 1.29 is 4.79 Å². The van der Waals surface area contributed by atoms with Crippen LogP contribution in [0.4, 0.5) is 0 Å². The van der Waals surface area contributed by atoms with Crippen molar-refractivity contribution >= 4 is 5.91 Å². The van der Waals surface area contributed by atoms with E-state index in [0.717, 1.165) is 18.4 Å². The van der Waals surface area contributed by atoms with E-state index in [1.807, 2.05) is 36.4 Å². The monoisotopic (exact) mass is 203 g/mol. The lowest BCUT2D eigenvalue weighted by Gasteiger charge is -2.01. The number of nitrogens with one attached hydrogen (secondary N) is 1. The number of hydrogen-bond acceptors (Lipinski definition) is 1. The molecule has 0 aromatic heterocycles. The fraction of sp³-hybridized carbons (Fsp3) is 0.308. The minimum atomic E-state index is -0.0210. The summed E-state index contributed by atoms with van der Waals surface area (Å²) in [5, 5.41) is 2.83. The van der Waals surface area contributed by atoms with Crippen molar-refractivity contribution in [1.29, 1.82) is 0 Å². The van der Waals surface area contributed by atoms with Crippen LogP contribution >= 0.6 is 0 Å². The maximum Gasteiger partial charge on any atom is 0.243 e. The molecule has 2 nitrogen and oxygen atoms in total. The number of amides is 1. The molecule has 1 aromatic rings. The van der Waals surface area contributed by atoms with Gasteiger partial charge in [0.2, 0.25) is 5.91 Å². The Morgan fingerprint density at radius 2 is 2.07 bits per heavy atom. The van der Waals surface area contributed by atoms with Crippen LogP contribution in [0.25, 0.3) is 0 Å². The third kappa shape index (κ3) is 5.01. The van der Waals surface area contributed by atoms with Gasteiger partial charge in [-0.05, 0) is 18.1 Å². The molecule has 0 fully saturated rings. The third-order valence-corrected chi connectivity index (χ3v) is 2.03. The molecule has 0 saturated carbocycles. The van der Waals surface area contributed by atoms with E-state index in [0.29, 0.717) is 6.54 Å². The number of allylic oxidation sites excluding steroid dienone is 1. The summed E-state index contributed by atoms with van der Waals surface area (Å²) >= 11 is 0. The summed E-state index contributed by atoms with van der Waals surface area (Å²) in [6, 6.07) is 9.89. The van der Waals surface area contributed by atoms with E-state index in [4.69, 9.17) is 0 Å². The summed E-state index contributed by atoms with van der Waals surface area (Å²) in [5.41, 5.74) is 1.12. The molecule has 1 N–H and O–H groups in total. The number of carbonyl (C=O) groups excluding carboxylic acids is 1. The van der Waals surface area contributed by atoms with E-state index < -0.39 is 0 Å². The van der Waals surface area contributed by atoms with Crippen molar-refractivity contribution in [2.45, 2.75) is 26.3 Å². The van der Waals surface area contributed by atoms with Crippen molar-refractivity contribution in [3.8, 4) is 0 Å². The number of rotatable bonds is 5. The molecule has 0 bridgehead atoms. The molecule has 1 aromatic carbocycles. The first-order chi connectivity index (χ1) is 7.33. The Morgan fingerprint density at radius 3 is 2.73 bits per heavy atom. The summed E-state index contributed by atoms with van der Waals surface area (Å²) in [6.07, 6.45) is 5.54. The molecule has 15 heavy (non-hydrogen) atoms. The highest BCUT2D eigenvalue weighted by Gasteiger charge is 1.94. The normalized spacial score (nSPS) is 10.5. The van der Waals surface area contributed by atoms with Crippen LogP contribution in [0.3, 0.4) is 0 Å². The van der Waals surface area contributed by atoms with Crippen molar-refractivity contribution in [3.05, 3.63) is 48.0 Å². The second kappa shape index (κ2) is 6.82.